The van der Waals surface area contributed by atoms with E-state index in [1.807, 2.05) is 0 Å². The topological polar surface area (TPSA) is 86.1 Å². The molecule has 1 aliphatic heterocycles. The zero-order chi connectivity index (χ0) is 13.7. The van der Waals surface area contributed by atoms with Crippen molar-refractivity contribution in [2.24, 2.45) is 5.11 Å². The van der Waals surface area contributed by atoms with Crippen LogP contribution < -0.4 is 4.31 Å². The third-order valence-corrected chi connectivity index (χ3v) is 4.55. The van der Waals surface area contributed by atoms with Gasteiger partial charge in [-0.3, -0.25) is 4.31 Å². The molecule has 0 saturated carbocycles. The highest BCUT2D eigenvalue weighted by atomic mass is 32.2. The summed E-state index contributed by atoms with van der Waals surface area (Å²) in [5.74, 6) is 5.73. The van der Waals surface area contributed by atoms with Gasteiger partial charge >= 0.3 is 0 Å². The Morgan fingerprint density at radius 1 is 1.47 bits per heavy atom. The largest absolute Gasteiger partial charge is 0.270 e. The second-order valence-corrected chi connectivity index (χ2v) is 6.00. The van der Waals surface area contributed by atoms with Crippen molar-refractivity contribution in [3.05, 3.63) is 40.3 Å². The molecule has 19 heavy (non-hydrogen) atoms. The fourth-order valence-corrected chi connectivity index (χ4v) is 3.43. The first-order valence-corrected chi connectivity index (χ1v) is 7.34. The Kier molecular flexibility index (Phi) is 3.95. The number of azide groups is 1. The van der Waals surface area contributed by atoms with E-state index in [1.165, 1.54) is 4.31 Å². The Morgan fingerprint density at radius 2 is 2.32 bits per heavy atom. The van der Waals surface area contributed by atoms with E-state index in [1.54, 1.807) is 24.3 Å². The summed E-state index contributed by atoms with van der Waals surface area (Å²) in [7, 11) is -3.17. The third kappa shape index (κ3) is 3.19. The van der Waals surface area contributed by atoms with Gasteiger partial charge in [-0.2, -0.15) is 0 Å². The molecule has 0 aliphatic carbocycles. The van der Waals surface area contributed by atoms with Crippen LogP contribution in [0.25, 0.3) is 10.4 Å². The maximum absolute atomic E-state index is 11.8. The van der Waals surface area contributed by atoms with Crippen molar-refractivity contribution in [2.45, 2.75) is 6.42 Å². The molecule has 0 N–H and O–H groups in total. The van der Waals surface area contributed by atoms with Crippen LogP contribution in [-0.4, -0.2) is 27.3 Å². The highest BCUT2D eigenvalue weighted by Crippen LogP contribution is 2.24. The summed E-state index contributed by atoms with van der Waals surface area (Å²) >= 11 is 0. The van der Waals surface area contributed by atoms with Crippen molar-refractivity contribution in [1.29, 1.82) is 0 Å². The Labute approximate surface area is 111 Å². The molecule has 0 atom stereocenters. The number of rotatable bonds is 2. The van der Waals surface area contributed by atoms with E-state index >= 15 is 0 Å². The van der Waals surface area contributed by atoms with E-state index in [9.17, 15) is 8.42 Å². The second kappa shape index (κ2) is 5.65. The molecule has 7 heteroatoms. The predicted octanol–water partition coefficient (Wildman–Crippen LogP) is 1.89. The van der Waals surface area contributed by atoms with Crippen molar-refractivity contribution < 1.29 is 8.42 Å². The van der Waals surface area contributed by atoms with Crippen molar-refractivity contribution in [3.8, 4) is 11.8 Å². The predicted molar refractivity (Wildman–Crippen MR) is 73.1 cm³/mol. The maximum Gasteiger partial charge on any atom is 0.235 e. The molecule has 0 unspecified atom stereocenters. The van der Waals surface area contributed by atoms with Gasteiger partial charge in [0.25, 0.3) is 0 Å². The van der Waals surface area contributed by atoms with Crippen LogP contribution in [0.2, 0.25) is 0 Å². The minimum Gasteiger partial charge on any atom is -0.270 e. The summed E-state index contributed by atoms with van der Waals surface area (Å²) in [5, 5.41) is 3.31. The summed E-state index contributed by atoms with van der Waals surface area (Å²) in [6, 6.07) is 7.03. The zero-order valence-electron chi connectivity index (χ0n) is 10.2. The molecular weight excluding hydrogens is 264 g/mol. The first-order chi connectivity index (χ1) is 9.13. The summed E-state index contributed by atoms with van der Waals surface area (Å²) < 4.78 is 25.0. The molecular formula is C12H12N4O2S. The van der Waals surface area contributed by atoms with Gasteiger partial charge in [-0.15, -0.1) is 0 Å². The fraction of sp³-hybridized carbons (Fsp3) is 0.333. The standard InChI is InChI=1S/C12H12N4O2S/c13-15-14-7-2-5-11-4-1-6-12(10-11)16-8-3-9-19(16,17)18/h1,4,6,10H,3,7-9H2. The number of benzene rings is 1. The van der Waals surface area contributed by atoms with Gasteiger partial charge in [-0.1, -0.05) is 23.0 Å². The van der Waals surface area contributed by atoms with Crippen molar-refractivity contribution in [2.75, 3.05) is 23.1 Å². The van der Waals surface area contributed by atoms with Gasteiger partial charge < -0.3 is 0 Å². The van der Waals surface area contributed by atoms with E-state index in [-0.39, 0.29) is 12.3 Å². The Morgan fingerprint density at radius 3 is 3.00 bits per heavy atom. The lowest BCUT2D eigenvalue weighted by Gasteiger charge is -2.16. The highest BCUT2D eigenvalue weighted by molar-refractivity contribution is 7.93. The van der Waals surface area contributed by atoms with Crippen LogP contribution >= 0.6 is 0 Å². The number of nitrogens with zero attached hydrogens (tertiary/aromatic N) is 4. The van der Waals surface area contributed by atoms with Gasteiger partial charge in [0, 0.05) is 17.0 Å². The van der Waals surface area contributed by atoms with Crippen LogP contribution in [-0.2, 0) is 10.0 Å². The van der Waals surface area contributed by atoms with Gasteiger partial charge in [0.05, 0.1) is 18.0 Å². The molecule has 1 saturated heterocycles. The Bertz CT molecular complexity index is 681. The smallest absolute Gasteiger partial charge is 0.235 e. The first-order valence-electron chi connectivity index (χ1n) is 5.74. The van der Waals surface area contributed by atoms with Crippen LogP contribution in [0.1, 0.15) is 12.0 Å². The highest BCUT2D eigenvalue weighted by Gasteiger charge is 2.28. The van der Waals surface area contributed by atoms with Gasteiger partial charge in [-0.05, 0) is 30.2 Å². The molecule has 1 aromatic rings. The molecule has 1 aliphatic rings. The van der Waals surface area contributed by atoms with Gasteiger partial charge in [0.2, 0.25) is 10.0 Å². The molecule has 2 rings (SSSR count). The molecule has 6 nitrogen and oxygen atoms in total. The van der Waals surface area contributed by atoms with E-state index in [0.29, 0.717) is 24.2 Å². The average Bonchev–Trinajstić information content (AvgIpc) is 2.75. The molecule has 1 heterocycles. The van der Waals surface area contributed by atoms with E-state index in [4.69, 9.17) is 5.53 Å². The molecule has 0 amide bonds. The average molecular weight is 276 g/mol. The first kappa shape index (κ1) is 13.3. The minimum absolute atomic E-state index is 0.0999. The molecule has 0 spiro atoms. The van der Waals surface area contributed by atoms with E-state index < -0.39 is 10.0 Å². The molecule has 1 fully saturated rings. The van der Waals surface area contributed by atoms with Gasteiger partial charge in [0.15, 0.2) is 0 Å². The molecule has 0 bridgehead atoms. The normalized spacial score (nSPS) is 16.3. The zero-order valence-corrected chi connectivity index (χ0v) is 11.0. The lowest BCUT2D eigenvalue weighted by Crippen LogP contribution is -2.24. The molecule has 1 aromatic carbocycles. The monoisotopic (exact) mass is 276 g/mol. The molecule has 0 aromatic heterocycles. The third-order valence-electron chi connectivity index (χ3n) is 2.68. The van der Waals surface area contributed by atoms with Crippen LogP contribution in [0.5, 0.6) is 0 Å². The quantitative estimate of drug-likeness (QED) is 0.357. The van der Waals surface area contributed by atoms with Gasteiger partial charge in [0.1, 0.15) is 0 Å². The minimum atomic E-state index is -3.17. The Balaban J connectivity index is 2.24. The fourth-order valence-electron chi connectivity index (χ4n) is 1.88. The van der Waals surface area contributed by atoms with E-state index in [0.717, 1.165) is 0 Å². The number of sulfonamides is 1. The molecule has 0 radical (unpaired) electrons. The summed E-state index contributed by atoms with van der Waals surface area (Å²) in [5.41, 5.74) is 9.46. The maximum atomic E-state index is 11.8. The summed E-state index contributed by atoms with van der Waals surface area (Å²) in [6.07, 6.45) is 0.648. The van der Waals surface area contributed by atoms with Gasteiger partial charge in [-0.25, -0.2) is 8.42 Å². The van der Waals surface area contributed by atoms with Crippen molar-refractivity contribution >= 4 is 15.7 Å². The van der Waals surface area contributed by atoms with Crippen LogP contribution in [0.4, 0.5) is 5.69 Å². The van der Waals surface area contributed by atoms with Crippen molar-refractivity contribution in [3.63, 3.8) is 0 Å². The summed E-state index contributed by atoms with van der Waals surface area (Å²) in [6.45, 7) is 0.612. The summed E-state index contributed by atoms with van der Waals surface area (Å²) in [4.78, 5) is 2.60. The Hall–Kier alpha value is -2.16. The van der Waals surface area contributed by atoms with Crippen LogP contribution in [0.3, 0.4) is 0 Å². The van der Waals surface area contributed by atoms with Crippen LogP contribution in [0, 0.1) is 11.8 Å². The number of hydrogen-bond acceptors (Lipinski definition) is 3. The van der Waals surface area contributed by atoms with E-state index in [2.05, 4.69) is 21.9 Å². The van der Waals surface area contributed by atoms with Crippen molar-refractivity contribution in [1.82, 2.24) is 0 Å². The van der Waals surface area contributed by atoms with Crippen LogP contribution in [0.15, 0.2) is 29.4 Å². The number of hydrogen-bond donors (Lipinski definition) is 0. The SMILES string of the molecule is [N-]=[N+]=NCC#Cc1cccc(N2CCCS2(=O)=O)c1. The second-order valence-electron chi connectivity index (χ2n) is 3.98. The lowest BCUT2D eigenvalue weighted by molar-refractivity contribution is 0.599. The lowest BCUT2D eigenvalue weighted by atomic mass is 10.2. The number of anilines is 1. The molecule has 98 valence electrons.